The number of nitrogens with zero attached hydrogens (tertiary/aromatic N) is 2. The van der Waals surface area contributed by atoms with Gasteiger partial charge in [-0.25, -0.2) is 4.79 Å². The quantitative estimate of drug-likeness (QED) is 0.787. The summed E-state index contributed by atoms with van der Waals surface area (Å²) < 4.78 is 14.4. The summed E-state index contributed by atoms with van der Waals surface area (Å²) in [6.45, 7) is 4.25. The Hall–Kier alpha value is -1.95. The van der Waals surface area contributed by atoms with Gasteiger partial charge in [0.15, 0.2) is 4.88 Å². The maximum absolute atomic E-state index is 11.7. The number of aryl methyl sites for hydroxylation is 1. The third-order valence-corrected chi connectivity index (χ3v) is 3.22. The summed E-state index contributed by atoms with van der Waals surface area (Å²) in [5.74, 6) is 0.367. The molecule has 6 heteroatoms. The van der Waals surface area contributed by atoms with Gasteiger partial charge in [-0.2, -0.15) is 0 Å². The van der Waals surface area contributed by atoms with Gasteiger partial charge < -0.3 is 9.47 Å². The fourth-order valence-corrected chi connectivity index (χ4v) is 2.08. The van der Waals surface area contributed by atoms with E-state index in [0.29, 0.717) is 17.2 Å². The van der Waals surface area contributed by atoms with Crippen LogP contribution in [-0.4, -0.2) is 22.2 Å². The second-order valence-electron chi connectivity index (χ2n) is 3.82. The van der Waals surface area contributed by atoms with Gasteiger partial charge in [0, 0.05) is 0 Å². The minimum Gasteiger partial charge on any atom is -0.487 e. The van der Waals surface area contributed by atoms with Gasteiger partial charge in [0.1, 0.15) is 18.1 Å². The van der Waals surface area contributed by atoms with Crippen LogP contribution in [0.25, 0.3) is 0 Å². The normalized spacial score (nSPS) is 10.2. The average molecular weight is 278 g/mol. The van der Waals surface area contributed by atoms with Crippen molar-refractivity contribution in [3.05, 3.63) is 40.4 Å². The molecule has 0 atom stereocenters. The van der Waals surface area contributed by atoms with Crippen molar-refractivity contribution < 1.29 is 14.3 Å². The Morgan fingerprint density at radius 2 is 2.16 bits per heavy atom. The molecule has 0 saturated heterocycles. The minimum absolute atomic E-state index is 0.204. The van der Waals surface area contributed by atoms with Gasteiger partial charge in [-0.1, -0.05) is 22.7 Å². The highest BCUT2D eigenvalue weighted by Gasteiger charge is 2.17. The highest BCUT2D eigenvalue weighted by molar-refractivity contribution is 7.07. The van der Waals surface area contributed by atoms with Crippen LogP contribution in [0.3, 0.4) is 0 Å². The number of ether oxygens (including phenoxy) is 2. The van der Waals surface area contributed by atoms with Crippen molar-refractivity contribution in [3.63, 3.8) is 0 Å². The molecular weight excluding hydrogens is 264 g/mol. The Kier molecular flexibility index (Phi) is 4.46. The van der Waals surface area contributed by atoms with Crippen LogP contribution < -0.4 is 4.74 Å². The number of hydrogen-bond acceptors (Lipinski definition) is 6. The molecular formula is C13H14N2O3S. The van der Waals surface area contributed by atoms with Gasteiger partial charge in [0.25, 0.3) is 0 Å². The van der Waals surface area contributed by atoms with Crippen LogP contribution in [-0.2, 0) is 11.3 Å². The summed E-state index contributed by atoms with van der Waals surface area (Å²) in [5.41, 5.74) is 1.54. The highest BCUT2D eigenvalue weighted by Crippen LogP contribution is 2.19. The third-order valence-electron chi connectivity index (χ3n) is 2.47. The maximum atomic E-state index is 11.7. The molecule has 0 saturated carbocycles. The standard InChI is InChI=1S/C13H14N2O3S/c1-3-17-13(16)12-10(14-15-19-12)8-18-11-7-5-4-6-9(11)2/h4-7H,3,8H2,1-2H3. The Morgan fingerprint density at radius 3 is 2.89 bits per heavy atom. The zero-order valence-electron chi connectivity index (χ0n) is 10.8. The van der Waals surface area contributed by atoms with E-state index >= 15 is 0 Å². The smallest absolute Gasteiger partial charge is 0.352 e. The van der Waals surface area contributed by atoms with Crippen LogP contribution in [0.2, 0.25) is 0 Å². The Labute approximate surface area is 115 Å². The number of rotatable bonds is 5. The van der Waals surface area contributed by atoms with E-state index in [1.807, 2.05) is 31.2 Å². The lowest BCUT2D eigenvalue weighted by atomic mass is 10.2. The topological polar surface area (TPSA) is 61.3 Å². The number of carbonyl (C=O) groups excluding carboxylic acids is 1. The van der Waals surface area contributed by atoms with Crippen LogP contribution in [0.5, 0.6) is 5.75 Å². The van der Waals surface area contributed by atoms with E-state index < -0.39 is 5.97 Å². The highest BCUT2D eigenvalue weighted by atomic mass is 32.1. The molecule has 5 nitrogen and oxygen atoms in total. The Balaban J connectivity index is 2.06. The number of aromatic nitrogens is 2. The molecule has 0 N–H and O–H groups in total. The van der Waals surface area contributed by atoms with E-state index in [2.05, 4.69) is 9.59 Å². The first kappa shape index (κ1) is 13.5. The predicted molar refractivity (Wildman–Crippen MR) is 71.4 cm³/mol. The van der Waals surface area contributed by atoms with E-state index in [1.165, 1.54) is 0 Å². The molecule has 2 rings (SSSR count). The van der Waals surface area contributed by atoms with Crippen molar-refractivity contribution in [1.82, 2.24) is 9.59 Å². The molecule has 0 amide bonds. The van der Waals surface area contributed by atoms with E-state index in [-0.39, 0.29) is 6.61 Å². The summed E-state index contributed by atoms with van der Waals surface area (Å²) in [6.07, 6.45) is 0. The number of benzene rings is 1. The summed E-state index contributed by atoms with van der Waals surface area (Å²) in [7, 11) is 0. The van der Waals surface area contributed by atoms with Crippen molar-refractivity contribution >= 4 is 17.5 Å². The zero-order chi connectivity index (χ0) is 13.7. The molecule has 19 heavy (non-hydrogen) atoms. The van der Waals surface area contributed by atoms with Crippen molar-refractivity contribution in [2.24, 2.45) is 0 Å². The molecule has 0 aliphatic heterocycles. The van der Waals surface area contributed by atoms with Crippen LogP contribution in [0.1, 0.15) is 27.9 Å². The summed E-state index contributed by atoms with van der Waals surface area (Å²) in [6, 6.07) is 7.67. The Morgan fingerprint density at radius 1 is 1.37 bits per heavy atom. The van der Waals surface area contributed by atoms with Gasteiger partial charge >= 0.3 is 5.97 Å². The minimum atomic E-state index is -0.402. The molecule has 2 aromatic rings. The molecule has 0 aliphatic carbocycles. The third kappa shape index (κ3) is 3.29. The molecule has 1 heterocycles. The molecule has 0 unspecified atom stereocenters. The van der Waals surface area contributed by atoms with Crippen LogP contribution >= 0.6 is 11.5 Å². The number of para-hydroxylation sites is 1. The lowest BCUT2D eigenvalue weighted by molar-refractivity contribution is 0.0529. The second-order valence-corrected chi connectivity index (χ2v) is 4.58. The van der Waals surface area contributed by atoms with E-state index in [1.54, 1.807) is 6.92 Å². The first-order valence-corrected chi connectivity index (χ1v) is 6.66. The summed E-state index contributed by atoms with van der Waals surface area (Å²) >= 11 is 1.02. The van der Waals surface area contributed by atoms with Crippen LogP contribution in [0.4, 0.5) is 0 Å². The second kappa shape index (κ2) is 6.29. The molecule has 1 aromatic carbocycles. The Bertz CT molecular complexity index is 569. The molecule has 0 fully saturated rings. The van der Waals surface area contributed by atoms with Gasteiger partial charge in [-0.15, -0.1) is 5.10 Å². The molecule has 0 radical (unpaired) electrons. The number of esters is 1. The van der Waals surface area contributed by atoms with Crippen molar-refractivity contribution in [3.8, 4) is 5.75 Å². The SMILES string of the molecule is CCOC(=O)c1snnc1COc1ccccc1C. The molecule has 1 aromatic heterocycles. The van der Waals surface area contributed by atoms with E-state index in [4.69, 9.17) is 9.47 Å². The van der Waals surface area contributed by atoms with E-state index in [0.717, 1.165) is 22.8 Å². The first-order valence-electron chi connectivity index (χ1n) is 5.89. The molecule has 0 spiro atoms. The zero-order valence-corrected chi connectivity index (χ0v) is 11.6. The average Bonchev–Trinajstić information content (AvgIpc) is 2.86. The van der Waals surface area contributed by atoms with Crippen molar-refractivity contribution in [2.75, 3.05) is 6.61 Å². The number of hydrogen-bond donors (Lipinski definition) is 0. The fraction of sp³-hybridized carbons (Fsp3) is 0.308. The summed E-state index contributed by atoms with van der Waals surface area (Å²) in [5, 5.41) is 3.91. The first-order chi connectivity index (χ1) is 9.22. The maximum Gasteiger partial charge on any atom is 0.352 e. The fourth-order valence-electron chi connectivity index (χ4n) is 1.52. The number of carbonyl (C=O) groups is 1. The van der Waals surface area contributed by atoms with Crippen molar-refractivity contribution in [1.29, 1.82) is 0 Å². The monoisotopic (exact) mass is 278 g/mol. The summed E-state index contributed by atoms with van der Waals surface area (Å²) in [4.78, 5) is 12.1. The largest absolute Gasteiger partial charge is 0.487 e. The van der Waals surface area contributed by atoms with Gasteiger partial charge in [-0.3, -0.25) is 0 Å². The molecule has 100 valence electrons. The predicted octanol–water partition coefficient (Wildman–Crippen LogP) is 2.60. The molecule has 0 aliphatic rings. The van der Waals surface area contributed by atoms with Crippen LogP contribution in [0.15, 0.2) is 24.3 Å². The van der Waals surface area contributed by atoms with Gasteiger partial charge in [0.05, 0.1) is 6.61 Å². The lowest BCUT2D eigenvalue weighted by Gasteiger charge is -2.07. The van der Waals surface area contributed by atoms with Crippen LogP contribution in [0, 0.1) is 6.92 Å². The molecule has 0 bridgehead atoms. The van der Waals surface area contributed by atoms with Crippen molar-refractivity contribution in [2.45, 2.75) is 20.5 Å². The van der Waals surface area contributed by atoms with Gasteiger partial charge in [0.2, 0.25) is 0 Å². The van der Waals surface area contributed by atoms with E-state index in [9.17, 15) is 4.79 Å². The van der Waals surface area contributed by atoms with Gasteiger partial charge in [-0.05, 0) is 37.0 Å². The lowest BCUT2D eigenvalue weighted by Crippen LogP contribution is -2.08.